The second-order valence-corrected chi connectivity index (χ2v) is 4.72. The molecule has 19 heavy (non-hydrogen) atoms. The monoisotopic (exact) mass is 264 g/mol. The molecule has 1 heterocycles. The summed E-state index contributed by atoms with van der Waals surface area (Å²) in [5.41, 5.74) is 6.28. The molecule has 1 aromatic rings. The lowest BCUT2D eigenvalue weighted by Crippen LogP contribution is -2.40. The average molecular weight is 264 g/mol. The molecule has 1 amide bonds. The molecular weight excluding hydrogens is 244 g/mol. The zero-order valence-electron chi connectivity index (χ0n) is 11.1. The molecule has 0 saturated carbocycles. The van der Waals surface area contributed by atoms with E-state index in [1.807, 2.05) is 6.92 Å². The molecule has 5 heteroatoms. The highest BCUT2D eigenvalue weighted by atomic mass is 16.5. The summed E-state index contributed by atoms with van der Waals surface area (Å²) in [7, 11) is 0. The summed E-state index contributed by atoms with van der Waals surface area (Å²) in [5, 5.41) is 9.54. The molecule has 1 aromatic carbocycles. The number of carbonyl (C=O) groups excluding carboxylic acids is 1. The van der Waals surface area contributed by atoms with Gasteiger partial charge in [0, 0.05) is 25.3 Å². The number of hydrogen-bond acceptors (Lipinski definition) is 4. The van der Waals surface area contributed by atoms with E-state index in [2.05, 4.69) is 0 Å². The van der Waals surface area contributed by atoms with Crippen molar-refractivity contribution in [1.29, 1.82) is 0 Å². The summed E-state index contributed by atoms with van der Waals surface area (Å²) < 4.78 is 5.56. The van der Waals surface area contributed by atoms with Crippen LogP contribution in [0.4, 0.5) is 5.69 Å². The minimum Gasteiger partial charge on any atom is -0.506 e. The van der Waals surface area contributed by atoms with Crippen molar-refractivity contribution >= 4 is 11.6 Å². The van der Waals surface area contributed by atoms with E-state index in [1.54, 1.807) is 17.0 Å². The van der Waals surface area contributed by atoms with Crippen molar-refractivity contribution in [3.63, 3.8) is 0 Å². The van der Waals surface area contributed by atoms with Crippen LogP contribution in [0.3, 0.4) is 0 Å². The molecule has 1 saturated heterocycles. The summed E-state index contributed by atoms with van der Waals surface area (Å²) >= 11 is 0. The third-order valence-corrected chi connectivity index (χ3v) is 3.41. The number of ether oxygens (including phenoxy) is 1. The average Bonchev–Trinajstić information content (AvgIpc) is 2.42. The molecule has 0 radical (unpaired) electrons. The zero-order chi connectivity index (χ0) is 13.8. The Hall–Kier alpha value is -1.75. The van der Waals surface area contributed by atoms with Gasteiger partial charge in [0.2, 0.25) is 0 Å². The predicted molar refractivity (Wildman–Crippen MR) is 73.1 cm³/mol. The number of rotatable bonds is 3. The van der Waals surface area contributed by atoms with Gasteiger partial charge in [-0.2, -0.15) is 0 Å². The Morgan fingerprint density at radius 1 is 1.47 bits per heavy atom. The number of hydrogen-bond donors (Lipinski definition) is 2. The van der Waals surface area contributed by atoms with Gasteiger partial charge in [0.15, 0.2) is 0 Å². The number of anilines is 1. The third kappa shape index (κ3) is 3.17. The number of nitrogens with two attached hydrogens (primary N) is 1. The maximum Gasteiger partial charge on any atom is 0.253 e. The van der Waals surface area contributed by atoms with Crippen molar-refractivity contribution in [3.8, 4) is 5.75 Å². The molecule has 0 atom stereocenters. The SMILES string of the molecule is CCOC1CCN(C(=O)c2ccc(N)c(O)c2)CC1. The van der Waals surface area contributed by atoms with Gasteiger partial charge in [-0.1, -0.05) is 0 Å². The molecular formula is C14H20N2O3. The van der Waals surface area contributed by atoms with Crippen LogP contribution in [0.5, 0.6) is 5.75 Å². The second kappa shape index (κ2) is 5.93. The molecule has 0 aromatic heterocycles. The fourth-order valence-electron chi connectivity index (χ4n) is 2.32. The van der Waals surface area contributed by atoms with Gasteiger partial charge in [-0.3, -0.25) is 4.79 Å². The topological polar surface area (TPSA) is 75.8 Å². The van der Waals surface area contributed by atoms with Crippen LogP contribution in [0.2, 0.25) is 0 Å². The first kappa shape index (κ1) is 13.7. The van der Waals surface area contributed by atoms with E-state index in [1.165, 1.54) is 6.07 Å². The number of benzene rings is 1. The molecule has 1 aliphatic rings. The Morgan fingerprint density at radius 3 is 2.74 bits per heavy atom. The van der Waals surface area contributed by atoms with Crippen molar-refractivity contribution in [2.45, 2.75) is 25.9 Å². The van der Waals surface area contributed by atoms with Crippen molar-refractivity contribution in [2.24, 2.45) is 0 Å². The van der Waals surface area contributed by atoms with Gasteiger partial charge >= 0.3 is 0 Å². The Kier molecular flexibility index (Phi) is 4.27. The number of nitrogen functional groups attached to an aromatic ring is 1. The van der Waals surface area contributed by atoms with E-state index in [-0.39, 0.29) is 23.4 Å². The van der Waals surface area contributed by atoms with Gasteiger partial charge in [-0.25, -0.2) is 0 Å². The number of phenolic OH excluding ortho intramolecular Hbond substituents is 1. The highest BCUT2D eigenvalue weighted by Gasteiger charge is 2.24. The summed E-state index contributed by atoms with van der Waals surface area (Å²) in [6, 6.07) is 4.62. The maximum atomic E-state index is 12.3. The summed E-state index contributed by atoms with van der Waals surface area (Å²) in [4.78, 5) is 14.1. The van der Waals surface area contributed by atoms with Crippen LogP contribution in [-0.4, -0.2) is 41.7 Å². The number of aromatic hydroxyl groups is 1. The minimum absolute atomic E-state index is 0.0462. The number of amides is 1. The number of piperidine rings is 1. The smallest absolute Gasteiger partial charge is 0.253 e. The fraction of sp³-hybridized carbons (Fsp3) is 0.500. The molecule has 1 fully saturated rings. The van der Waals surface area contributed by atoms with Crippen molar-refractivity contribution in [3.05, 3.63) is 23.8 Å². The first-order valence-electron chi connectivity index (χ1n) is 6.61. The highest BCUT2D eigenvalue weighted by Crippen LogP contribution is 2.23. The molecule has 0 spiro atoms. The Balaban J connectivity index is 1.99. The molecule has 2 rings (SSSR count). The number of nitrogens with zero attached hydrogens (tertiary/aromatic N) is 1. The number of likely N-dealkylation sites (tertiary alicyclic amines) is 1. The molecule has 0 aliphatic carbocycles. The standard InChI is InChI=1S/C14H20N2O3/c1-2-19-11-5-7-16(8-6-11)14(18)10-3-4-12(15)13(17)9-10/h3-4,9,11,17H,2,5-8,15H2,1H3. The van der Waals surface area contributed by atoms with Crippen LogP contribution in [0.1, 0.15) is 30.1 Å². The first-order valence-corrected chi connectivity index (χ1v) is 6.61. The van der Waals surface area contributed by atoms with Gasteiger partial charge in [0.1, 0.15) is 5.75 Å². The van der Waals surface area contributed by atoms with E-state index in [4.69, 9.17) is 10.5 Å². The van der Waals surface area contributed by atoms with Crippen LogP contribution < -0.4 is 5.73 Å². The largest absolute Gasteiger partial charge is 0.506 e. The van der Waals surface area contributed by atoms with E-state index in [0.717, 1.165) is 12.8 Å². The van der Waals surface area contributed by atoms with E-state index in [9.17, 15) is 9.90 Å². The summed E-state index contributed by atoms with van der Waals surface area (Å²) in [5.74, 6) is -0.111. The van der Waals surface area contributed by atoms with E-state index < -0.39 is 0 Å². The van der Waals surface area contributed by atoms with Crippen molar-refractivity contribution in [1.82, 2.24) is 4.90 Å². The lowest BCUT2D eigenvalue weighted by atomic mass is 10.1. The number of phenols is 1. The maximum absolute atomic E-state index is 12.3. The lowest BCUT2D eigenvalue weighted by molar-refractivity contribution is 0.0146. The van der Waals surface area contributed by atoms with Crippen LogP contribution in [0.15, 0.2) is 18.2 Å². The Bertz CT molecular complexity index is 454. The molecule has 0 unspecified atom stereocenters. The lowest BCUT2D eigenvalue weighted by Gasteiger charge is -2.31. The quantitative estimate of drug-likeness (QED) is 0.642. The van der Waals surface area contributed by atoms with E-state index in [0.29, 0.717) is 25.3 Å². The van der Waals surface area contributed by atoms with Gasteiger partial charge < -0.3 is 20.5 Å². The number of carbonyl (C=O) groups is 1. The molecule has 5 nitrogen and oxygen atoms in total. The van der Waals surface area contributed by atoms with Crippen molar-refractivity contribution in [2.75, 3.05) is 25.4 Å². The van der Waals surface area contributed by atoms with Crippen LogP contribution in [0.25, 0.3) is 0 Å². The zero-order valence-corrected chi connectivity index (χ0v) is 11.1. The second-order valence-electron chi connectivity index (χ2n) is 4.72. The molecule has 3 N–H and O–H groups in total. The molecule has 104 valence electrons. The third-order valence-electron chi connectivity index (χ3n) is 3.41. The van der Waals surface area contributed by atoms with Gasteiger partial charge in [0.25, 0.3) is 5.91 Å². The van der Waals surface area contributed by atoms with Crippen LogP contribution in [0, 0.1) is 0 Å². The predicted octanol–water partition coefficient (Wildman–Crippen LogP) is 1.62. The summed E-state index contributed by atoms with van der Waals surface area (Å²) in [6.07, 6.45) is 1.98. The van der Waals surface area contributed by atoms with Crippen LogP contribution in [-0.2, 0) is 4.74 Å². The Morgan fingerprint density at radius 2 is 2.16 bits per heavy atom. The highest BCUT2D eigenvalue weighted by molar-refractivity contribution is 5.95. The first-order chi connectivity index (χ1) is 9.11. The van der Waals surface area contributed by atoms with Gasteiger partial charge in [-0.05, 0) is 38.0 Å². The van der Waals surface area contributed by atoms with Gasteiger partial charge in [0.05, 0.1) is 11.8 Å². The normalized spacial score (nSPS) is 16.6. The van der Waals surface area contributed by atoms with Crippen LogP contribution >= 0.6 is 0 Å². The van der Waals surface area contributed by atoms with Gasteiger partial charge in [-0.15, -0.1) is 0 Å². The summed E-state index contributed by atoms with van der Waals surface area (Å²) in [6.45, 7) is 4.07. The minimum atomic E-state index is -0.0646. The Labute approximate surface area is 113 Å². The van der Waals surface area contributed by atoms with Crippen molar-refractivity contribution < 1.29 is 14.6 Å². The molecule has 1 aliphatic heterocycles. The van der Waals surface area contributed by atoms with E-state index >= 15 is 0 Å². The fourth-order valence-corrected chi connectivity index (χ4v) is 2.32. The molecule has 0 bridgehead atoms.